The molecule has 2 saturated carbocycles. The van der Waals surface area contributed by atoms with Crippen LogP contribution in [0.25, 0.3) is 0 Å². The molecule has 0 aromatic carbocycles. The van der Waals surface area contributed by atoms with E-state index in [0.29, 0.717) is 5.41 Å². The minimum atomic E-state index is 0.490. The van der Waals surface area contributed by atoms with E-state index in [2.05, 4.69) is 29.8 Å². The second-order valence-electron chi connectivity index (χ2n) is 6.14. The molecule has 3 rings (SSSR count). The zero-order chi connectivity index (χ0) is 11.8. The molecule has 2 heteroatoms. The Morgan fingerprint density at radius 2 is 2.18 bits per heavy atom. The highest BCUT2D eigenvalue weighted by atomic mass is 32.1. The Morgan fingerprint density at radius 1 is 1.35 bits per heavy atom. The molecule has 0 saturated heterocycles. The van der Waals surface area contributed by atoms with E-state index in [1.165, 1.54) is 51.6 Å². The molecular weight excluding hydrogens is 226 g/mol. The van der Waals surface area contributed by atoms with Gasteiger partial charge in [0.1, 0.15) is 0 Å². The summed E-state index contributed by atoms with van der Waals surface area (Å²) in [7, 11) is 0. The minimum Gasteiger partial charge on any atom is -0.316 e. The van der Waals surface area contributed by atoms with E-state index in [4.69, 9.17) is 0 Å². The summed E-state index contributed by atoms with van der Waals surface area (Å²) in [6.45, 7) is 4.61. The van der Waals surface area contributed by atoms with Crippen LogP contribution >= 0.6 is 11.3 Å². The van der Waals surface area contributed by atoms with Crippen LogP contribution in [-0.4, -0.2) is 13.1 Å². The van der Waals surface area contributed by atoms with Gasteiger partial charge in [-0.3, -0.25) is 0 Å². The summed E-state index contributed by atoms with van der Waals surface area (Å²) in [5.74, 6) is 0. The maximum atomic E-state index is 3.66. The third kappa shape index (κ3) is 1.96. The largest absolute Gasteiger partial charge is 0.316 e. The molecule has 17 heavy (non-hydrogen) atoms. The normalized spacial score (nSPS) is 24.3. The number of hydrogen-bond donors (Lipinski definition) is 1. The van der Waals surface area contributed by atoms with E-state index in [0.717, 1.165) is 5.41 Å². The highest BCUT2D eigenvalue weighted by molar-refractivity contribution is 7.10. The Morgan fingerprint density at radius 3 is 2.71 bits per heavy atom. The summed E-state index contributed by atoms with van der Waals surface area (Å²) in [6, 6.07) is 4.57. The standard InChI is InChI=1S/C15H23NS/c1-2-8-16-12-15(13-5-3-9-17-13)10-14(11-15)6-4-7-14/h3,5,9,16H,2,4,6-8,10-12H2,1H3. The predicted octanol–water partition coefficient (Wildman–Crippen LogP) is 3.95. The molecular formula is C15H23NS. The first kappa shape index (κ1) is 11.7. The van der Waals surface area contributed by atoms with Gasteiger partial charge in [-0.2, -0.15) is 0 Å². The van der Waals surface area contributed by atoms with Crippen LogP contribution in [0, 0.1) is 5.41 Å². The van der Waals surface area contributed by atoms with Gasteiger partial charge in [0.05, 0.1) is 0 Å². The monoisotopic (exact) mass is 249 g/mol. The fourth-order valence-electron chi connectivity index (χ4n) is 3.89. The van der Waals surface area contributed by atoms with Crippen LogP contribution in [-0.2, 0) is 5.41 Å². The van der Waals surface area contributed by atoms with Gasteiger partial charge in [0.15, 0.2) is 0 Å². The first-order valence-electron chi connectivity index (χ1n) is 7.03. The van der Waals surface area contributed by atoms with Crippen LogP contribution in [0.4, 0.5) is 0 Å². The van der Waals surface area contributed by atoms with E-state index >= 15 is 0 Å². The van der Waals surface area contributed by atoms with Gasteiger partial charge < -0.3 is 5.32 Å². The van der Waals surface area contributed by atoms with Gasteiger partial charge in [-0.25, -0.2) is 0 Å². The highest BCUT2D eigenvalue weighted by Gasteiger charge is 2.57. The molecule has 0 amide bonds. The van der Waals surface area contributed by atoms with E-state index in [9.17, 15) is 0 Å². The molecule has 2 aliphatic rings. The third-order valence-electron chi connectivity index (χ3n) is 4.78. The Balaban J connectivity index is 1.69. The molecule has 0 atom stereocenters. The number of hydrogen-bond acceptors (Lipinski definition) is 2. The Hall–Kier alpha value is -0.340. The Kier molecular flexibility index (Phi) is 3.04. The lowest BCUT2D eigenvalue weighted by molar-refractivity contribution is -0.0465. The van der Waals surface area contributed by atoms with Crippen LogP contribution in [0.3, 0.4) is 0 Å². The van der Waals surface area contributed by atoms with E-state index in [1.54, 1.807) is 4.88 Å². The molecule has 1 nitrogen and oxygen atoms in total. The second kappa shape index (κ2) is 4.40. The van der Waals surface area contributed by atoms with Gasteiger partial charge >= 0.3 is 0 Å². The Bertz CT molecular complexity index is 356. The van der Waals surface area contributed by atoms with Crippen LogP contribution < -0.4 is 5.32 Å². The maximum absolute atomic E-state index is 3.66. The van der Waals surface area contributed by atoms with Gasteiger partial charge in [0, 0.05) is 16.8 Å². The fraction of sp³-hybridized carbons (Fsp3) is 0.733. The SMILES string of the molecule is CCCNCC1(c2cccs2)CC2(CCC2)C1. The van der Waals surface area contributed by atoms with E-state index < -0.39 is 0 Å². The van der Waals surface area contributed by atoms with Crippen molar-refractivity contribution in [2.24, 2.45) is 5.41 Å². The van der Waals surface area contributed by atoms with Crippen molar-refractivity contribution in [3.63, 3.8) is 0 Å². The van der Waals surface area contributed by atoms with Gasteiger partial charge in [0.25, 0.3) is 0 Å². The van der Waals surface area contributed by atoms with Crippen molar-refractivity contribution in [3.05, 3.63) is 22.4 Å². The topological polar surface area (TPSA) is 12.0 Å². The van der Waals surface area contributed by atoms with Gasteiger partial charge in [-0.15, -0.1) is 11.3 Å². The summed E-state index contributed by atoms with van der Waals surface area (Å²) < 4.78 is 0. The van der Waals surface area contributed by atoms with Crippen molar-refractivity contribution in [3.8, 4) is 0 Å². The average Bonchev–Trinajstić information content (AvgIpc) is 2.72. The molecule has 0 bridgehead atoms. The molecule has 0 radical (unpaired) electrons. The van der Waals surface area contributed by atoms with Crippen molar-refractivity contribution in [1.82, 2.24) is 5.32 Å². The van der Waals surface area contributed by atoms with Gasteiger partial charge in [0.2, 0.25) is 0 Å². The van der Waals surface area contributed by atoms with Crippen molar-refractivity contribution in [1.29, 1.82) is 0 Å². The smallest absolute Gasteiger partial charge is 0.0182 e. The summed E-state index contributed by atoms with van der Waals surface area (Å²) in [5, 5.41) is 5.90. The first-order valence-corrected chi connectivity index (χ1v) is 7.91. The van der Waals surface area contributed by atoms with E-state index in [1.807, 2.05) is 11.3 Å². The molecule has 1 aromatic rings. The second-order valence-corrected chi connectivity index (χ2v) is 7.09. The number of rotatable bonds is 5. The van der Waals surface area contributed by atoms with Crippen LogP contribution in [0.2, 0.25) is 0 Å². The summed E-state index contributed by atoms with van der Waals surface area (Å²) >= 11 is 1.96. The molecule has 1 spiro atoms. The molecule has 2 fully saturated rings. The van der Waals surface area contributed by atoms with E-state index in [-0.39, 0.29) is 0 Å². The lowest BCUT2D eigenvalue weighted by Gasteiger charge is -2.61. The average molecular weight is 249 g/mol. The Labute approximate surface area is 109 Å². The van der Waals surface area contributed by atoms with Crippen LogP contribution in [0.5, 0.6) is 0 Å². The molecule has 1 aromatic heterocycles. The van der Waals surface area contributed by atoms with Gasteiger partial charge in [-0.1, -0.05) is 19.4 Å². The summed E-state index contributed by atoms with van der Waals surface area (Å²) in [5.41, 5.74) is 1.25. The third-order valence-corrected chi connectivity index (χ3v) is 5.89. The van der Waals surface area contributed by atoms with Crippen molar-refractivity contribution < 1.29 is 0 Å². The molecule has 2 aliphatic carbocycles. The van der Waals surface area contributed by atoms with Crippen molar-refractivity contribution in [2.45, 2.75) is 50.9 Å². The van der Waals surface area contributed by atoms with Crippen LogP contribution in [0.1, 0.15) is 50.3 Å². The first-order chi connectivity index (χ1) is 8.29. The quantitative estimate of drug-likeness (QED) is 0.779. The lowest BCUT2D eigenvalue weighted by atomic mass is 9.45. The predicted molar refractivity (Wildman–Crippen MR) is 74.7 cm³/mol. The zero-order valence-electron chi connectivity index (χ0n) is 10.8. The minimum absolute atomic E-state index is 0.490. The molecule has 1 heterocycles. The highest BCUT2D eigenvalue weighted by Crippen LogP contribution is 2.65. The number of thiophene rings is 1. The maximum Gasteiger partial charge on any atom is 0.0182 e. The molecule has 0 unspecified atom stereocenters. The summed E-state index contributed by atoms with van der Waals surface area (Å²) in [4.78, 5) is 1.62. The van der Waals surface area contributed by atoms with Crippen molar-refractivity contribution in [2.75, 3.05) is 13.1 Å². The molecule has 1 N–H and O–H groups in total. The summed E-state index contributed by atoms with van der Waals surface area (Å²) in [6.07, 6.45) is 8.59. The number of nitrogens with one attached hydrogen (secondary N) is 1. The van der Waals surface area contributed by atoms with Crippen molar-refractivity contribution >= 4 is 11.3 Å². The zero-order valence-corrected chi connectivity index (χ0v) is 11.6. The van der Waals surface area contributed by atoms with Crippen LogP contribution in [0.15, 0.2) is 17.5 Å². The van der Waals surface area contributed by atoms with Gasteiger partial charge in [-0.05, 0) is 55.5 Å². The molecule has 94 valence electrons. The lowest BCUT2D eigenvalue weighted by Crippen LogP contribution is -2.57. The molecule has 0 aliphatic heterocycles. The fourth-order valence-corrected chi connectivity index (χ4v) is 4.81.